The number of likely N-dealkylation sites (tertiary alicyclic amines) is 1. The molecule has 2 unspecified atom stereocenters. The van der Waals surface area contributed by atoms with Crippen LogP contribution in [0.3, 0.4) is 0 Å². The van der Waals surface area contributed by atoms with Gasteiger partial charge >= 0.3 is 0 Å². The number of aromatic amines is 2. The van der Waals surface area contributed by atoms with Gasteiger partial charge in [-0.1, -0.05) is 42.0 Å². The molecule has 2 aliphatic rings. The van der Waals surface area contributed by atoms with Gasteiger partial charge in [0, 0.05) is 54.2 Å². The smallest absolute Gasteiger partial charge is 0.276 e. The van der Waals surface area contributed by atoms with Crippen LogP contribution in [-0.2, 0) is 39.4 Å². The number of hydrogen-bond donors (Lipinski definition) is 4. The minimum absolute atomic E-state index is 0.120. The molecule has 4 N–H and O–H groups in total. The summed E-state index contributed by atoms with van der Waals surface area (Å²) in [5.41, 5.74) is 8.22. The molecule has 0 bridgehead atoms. The minimum atomic E-state index is -3.75. The highest BCUT2D eigenvalue weighted by Crippen LogP contribution is 2.37. The number of benzene rings is 3. The number of nitrogens with one attached hydrogen (secondary N) is 4. The van der Waals surface area contributed by atoms with Gasteiger partial charge in [0.1, 0.15) is 0 Å². The first-order chi connectivity index (χ1) is 32.1. The van der Waals surface area contributed by atoms with Gasteiger partial charge in [-0.05, 0) is 101 Å². The van der Waals surface area contributed by atoms with Crippen LogP contribution in [-0.4, -0.2) is 86.7 Å². The first-order valence-electron chi connectivity index (χ1n) is 22.2. The zero-order chi connectivity index (χ0) is 48.6. The number of rotatable bonds is 10. The predicted molar refractivity (Wildman–Crippen MR) is 258 cm³/mol. The van der Waals surface area contributed by atoms with Gasteiger partial charge < -0.3 is 9.80 Å². The average molecular weight is 961 g/mol. The summed E-state index contributed by atoms with van der Waals surface area (Å²) in [5, 5.41) is 6.46. The molecule has 2 aliphatic heterocycles. The van der Waals surface area contributed by atoms with E-state index in [0.29, 0.717) is 70.1 Å². The van der Waals surface area contributed by atoms with E-state index in [4.69, 9.17) is 4.98 Å². The zero-order valence-corrected chi connectivity index (χ0v) is 40.4. The Balaban J connectivity index is 1.05. The number of piperidine rings is 1. The van der Waals surface area contributed by atoms with Gasteiger partial charge in [0.05, 0.1) is 58.5 Å². The van der Waals surface area contributed by atoms with E-state index >= 15 is 0 Å². The Morgan fingerprint density at radius 2 is 1.37 bits per heavy atom. The largest absolute Gasteiger partial charge is 0.330 e. The highest BCUT2D eigenvalue weighted by molar-refractivity contribution is 7.92. The second-order valence-electron chi connectivity index (χ2n) is 18.2. The van der Waals surface area contributed by atoms with Gasteiger partial charge in [-0.3, -0.25) is 38.8 Å². The summed E-state index contributed by atoms with van der Waals surface area (Å²) in [7, 11) is -7.42. The Morgan fingerprint density at radius 3 is 2.07 bits per heavy atom. The second-order valence-corrected chi connectivity index (χ2v) is 21.7. The van der Waals surface area contributed by atoms with Crippen LogP contribution in [0.5, 0.6) is 0 Å². The lowest BCUT2D eigenvalue weighted by atomic mass is 9.89. The van der Waals surface area contributed by atoms with Crippen molar-refractivity contribution < 1.29 is 26.4 Å². The average Bonchev–Trinajstić information content (AvgIpc) is 3.91. The topological polar surface area (TPSA) is 233 Å². The predicted octanol–water partition coefficient (Wildman–Crippen LogP) is 5.54. The van der Waals surface area contributed by atoms with Crippen LogP contribution < -0.4 is 20.6 Å². The Morgan fingerprint density at radius 1 is 0.706 bits per heavy atom. The normalized spacial score (nSPS) is 16.6. The molecule has 0 spiro atoms. The number of aryl methyl sites for hydroxylation is 4. The monoisotopic (exact) mass is 960 g/mol. The molecular formula is C48H52N10O8S2. The van der Waals surface area contributed by atoms with E-state index in [1.165, 1.54) is 9.03 Å². The van der Waals surface area contributed by atoms with E-state index in [1.54, 1.807) is 86.0 Å². The molecule has 20 heteroatoms. The van der Waals surface area contributed by atoms with Crippen molar-refractivity contribution in [1.29, 1.82) is 0 Å². The van der Waals surface area contributed by atoms with E-state index < -0.39 is 38.0 Å². The fraction of sp³-hybridized carbons (Fsp3) is 0.333. The Hall–Kier alpha value is -7.06. The molecule has 0 saturated carbocycles. The third kappa shape index (κ3) is 8.80. The molecule has 1 fully saturated rings. The van der Waals surface area contributed by atoms with Crippen molar-refractivity contribution >= 4 is 54.5 Å². The van der Waals surface area contributed by atoms with Crippen LogP contribution in [0.25, 0.3) is 11.3 Å². The molecule has 2 amide bonds. The van der Waals surface area contributed by atoms with Gasteiger partial charge in [-0.25, -0.2) is 35.8 Å². The van der Waals surface area contributed by atoms with E-state index in [1.807, 2.05) is 25.1 Å². The number of hydrogen-bond acceptors (Lipinski definition) is 10. The molecule has 6 heterocycles. The molecule has 1 saturated heterocycles. The first-order valence-corrected chi connectivity index (χ1v) is 26.0. The molecule has 4 aromatic heterocycles. The summed E-state index contributed by atoms with van der Waals surface area (Å²) in [4.78, 5) is 69.7. The van der Waals surface area contributed by atoms with Gasteiger partial charge in [0.2, 0.25) is 20.0 Å². The zero-order valence-electron chi connectivity index (χ0n) is 38.7. The van der Waals surface area contributed by atoms with Crippen molar-refractivity contribution in [2.75, 3.05) is 28.5 Å². The van der Waals surface area contributed by atoms with E-state index in [0.717, 1.165) is 47.6 Å². The van der Waals surface area contributed by atoms with Crippen molar-refractivity contribution in [3.8, 4) is 0 Å². The molecule has 68 heavy (non-hydrogen) atoms. The summed E-state index contributed by atoms with van der Waals surface area (Å²) >= 11 is 0. The van der Waals surface area contributed by atoms with Crippen molar-refractivity contribution in [2.45, 2.75) is 85.4 Å². The number of anilines is 2. The van der Waals surface area contributed by atoms with Gasteiger partial charge in [0.15, 0.2) is 11.3 Å². The SMILES string of the molecule is Cc1ccc(NS(C)(=O)=O)c(C(=O)N2Cc3cc(Cc4c(C)nc5cc(C6CCCCN6C(=O)c6c(C)cccc6NS(C)(=O)=O)[nH]n5c4=O)ccc3CC2c2cc3nc(C)c(C)c(=O)n3[nH]2)c1. The fourth-order valence-corrected chi connectivity index (χ4v) is 10.7. The first kappa shape index (κ1) is 46.1. The quantitative estimate of drug-likeness (QED) is 0.134. The molecule has 9 rings (SSSR count). The number of carbonyl (C=O) groups is 2. The van der Waals surface area contributed by atoms with Gasteiger partial charge in [-0.15, -0.1) is 0 Å². The van der Waals surface area contributed by atoms with Crippen LogP contribution in [0, 0.1) is 34.6 Å². The van der Waals surface area contributed by atoms with Gasteiger partial charge in [-0.2, -0.15) is 0 Å². The van der Waals surface area contributed by atoms with E-state index in [-0.39, 0.29) is 52.5 Å². The number of nitrogens with zero attached hydrogens (tertiary/aromatic N) is 6. The molecule has 7 aromatic rings. The molecule has 0 aliphatic carbocycles. The second kappa shape index (κ2) is 17.2. The standard InChI is InChI=1S/C48H52N10O8S2/c1-26-14-17-36(53-67(6,63)64)35(19-26)46(60)56-25-33-20-31(15-16-32(33)22-41(56)39-24-42-49-29(4)28(3)45(59)57(42)52-39)21-34-30(5)50-43-23-38(51-58(43)47(34)61)40-13-8-9-18-55(40)48(62)44-27(2)11-10-12-37(44)54-68(7,65)66/h10-12,14-17,19-20,23-24,40-41,51-54H,8-9,13,18,21-22,25H2,1-7H3. The third-order valence-electron chi connectivity index (χ3n) is 13.0. The maximum Gasteiger partial charge on any atom is 0.276 e. The maximum absolute atomic E-state index is 14.8. The summed E-state index contributed by atoms with van der Waals surface area (Å²) in [6.07, 6.45) is 4.84. The number of fused-ring (bicyclic) bond motifs is 3. The number of H-pyrrole nitrogens is 2. The van der Waals surface area contributed by atoms with Crippen LogP contribution in [0.2, 0.25) is 0 Å². The number of aromatic nitrogens is 6. The lowest BCUT2D eigenvalue weighted by Gasteiger charge is -2.37. The molecule has 3 aromatic carbocycles. The fourth-order valence-electron chi connectivity index (χ4n) is 9.57. The van der Waals surface area contributed by atoms with Crippen molar-refractivity contribution in [3.05, 3.63) is 160 Å². The molecule has 0 radical (unpaired) electrons. The number of carbonyl (C=O) groups excluding carboxylic acids is 2. The van der Waals surface area contributed by atoms with Crippen LogP contribution in [0.4, 0.5) is 11.4 Å². The molecule has 354 valence electrons. The summed E-state index contributed by atoms with van der Waals surface area (Å²) in [5.74, 6) is -0.751. The molecule has 18 nitrogen and oxygen atoms in total. The highest BCUT2D eigenvalue weighted by Gasteiger charge is 2.36. The number of amides is 2. The summed E-state index contributed by atoms with van der Waals surface area (Å²) in [6, 6.07) is 18.4. The highest BCUT2D eigenvalue weighted by atomic mass is 32.2. The Kier molecular flexibility index (Phi) is 11.7. The number of sulfonamides is 2. The Labute approximate surface area is 392 Å². The summed E-state index contributed by atoms with van der Waals surface area (Å²) < 4.78 is 57.2. The van der Waals surface area contributed by atoms with Crippen molar-refractivity contribution in [3.63, 3.8) is 0 Å². The van der Waals surface area contributed by atoms with Crippen LogP contribution >= 0.6 is 0 Å². The third-order valence-corrected chi connectivity index (χ3v) is 14.2. The van der Waals surface area contributed by atoms with Crippen LogP contribution in [0.1, 0.15) is 114 Å². The lowest BCUT2D eigenvalue weighted by molar-refractivity contribution is 0.0604. The van der Waals surface area contributed by atoms with Crippen molar-refractivity contribution in [2.24, 2.45) is 0 Å². The molecular weight excluding hydrogens is 909 g/mol. The lowest BCUT2D eigenvalue weighted by Crippen LogP contribution is -2.39. The Bertz CT molecular complexity index is 3590. The molecule has 2 atom stereocenters. The van der Waals surface area contributed by atoms with E-state index in [9.17, 15) is 36.0 Å². The minimum Gasteiger partial charge on any atom is -0.330 e. The van der Waals surface area contributed by atoms with Crippen LogP contribution in [0.15, 0.2) is 76.3 Å². The van der Waals surface area contributed by atoms with Gasteiger partial charge in [0.25, 0.3) is 22.9 Å². The maximum atomic E-state index is 14.8. The summed E-state index contributed by atoms with van der Waals surface area (Å²) in [6.45, 7) is 9.39. The van der Waals surface area contributed by atoms with E-state index in [2.05, 4.69) is 24.6 Å². The van der Waals surface area contributed by atoms with Crippen molar-refractivity contribution in [1.82, 2.24) is 39.0 Å².